The molecule has 0 atom stereocenters. The van der Waals surface area contributed by atoms with Crippen LogP contribution >= 0.6 is 0 Å². The van der Waals surface area contributed by atoms with Crippen molar-refractivity contribution in [1.29, 1.82) is 0 Å². The van der Waals surface area contributed by atoms with Crippen molar-refractivity contribution in [3.8, 4) is 0 Å². The molecule has 20 heavy (non-hydrogen) atoms. The molecular formula is C16H16O4. The number of carbonyl (C=O) groups is 2. The van der Waals surface area contributed by atoms with Crippen LogP contribution in [0.15, 0.2) is 59.9 Å². The highest BCUT2D eigenvalue weighted by Crippen LogP contribution is 2.11. The lowest BCUT2D eigenvalue weighted by Gasteiger charge is -2.03. The molecular weight excluding hydrogens is 256 g/mol. The number of methoxy groups -OCH3 is 2. The van der Waals surface area contributed by atoms with Gasteiger partial charge >= 0.3 is 5.97 Å². The quantitative estimate of drug-likeness (QED) is 0.262. The fourth-order valence-corrected chi connectivity index (χ4v) is 1.48. The second-order valence-corrected chi connectivity index (χ2v) is 3.77. The zero-order valence-electron chi connectivity index (χ0n) is 11.4. The zero-order valence-corrected chi connectivity index (χ0v) is 11.4. The van der Waals surface area contributed by atoms with E-state index in [-0.39, 0.29) is 11.1 Å². The molecule has 0 bridgehead atoms. The molecule has 0 heterocycles. The maximum Gasteiger partial charge on any atom is 0.341 e. The van der Waals surface area contributed by atoms with E-state index in [1.807, 2.05) is 36.4 Å². The number of hydrogen-bond acceptors (Lipinski definition) is 4. The Hall–Kier alpha value is -2.62. The van der Waals surface area contributed by atoms with Gasteiger partial charge in [0, 0.05) is 5.57 Å². The first-order chi connectivity index (χ1) is 9.72. The molecule has 1 rings (SSSR count). The van der Waals surface area contributed by atoms with Crippen molar-refractivity contribution < 1.29 is 19.1 Å². The fraction of sp³-hybridized carbons (Fsp3) is 0.125. The SMILES string of the molecule is CO\C=C(C(=O)OC)/C(C=O)=C\C=C\c1ccccc1. The van der Waals surface area contributed by atoms with Crippen LogP contribution in [0.5, 0.6) is 0 Å². The summed E-state index contributed by atoms with van der Waals surface area (Å²) >= 11 is 0. The van der Waals surface area contributed by atoms with Crippen LogP contribution in [0.2, 0.25) is 0 Å². The van der Waals surface area contributed by atoms with Gasteiger partial charge in [0.25, 0.3) is 0 Å². The summed E-state index contributed by atoms with van der Waals surface area (Å²) in [5.74, 6) is -0.627. The third-order valence-electron chi connectivity index (χ3n) is 2.44. The Morgan fingerprint density at radius 2 is 1.85 bits per heavy atom. The minimum Gasteiger partial charge on any atom is -0.503 e. The Morgan fingerprint density at radius 1 is 1.15 bits per heavy atom. The van der Waals surface area contributed by atoms with Crippen molar-refractivity contribution >= 4 is 18.3 Å². The maximum absolute atomic E-state index is 11.5. The van der Waals surface area contributed by atoms with Crippen molar-refractivity contribution in [3.05, 3.63) is 65.5 Å². The molecule has 0 fully saturated rings. The third kappa shape index (κ3) is 4.57. The summed E-state index contributed by atoms with van der Waals surface area (Å²) in [7, 11) is 2.64. The standard InChI is InChI=1S/C16H16O4/c1-19-12-15(16(18)20-2)14(11-17)10-6-9-13-7-4-3-5-8-13/h3-12H,1-2H3/b9-6+,14-10-,15-12+. The second kappa shape index (κ2) is 8.48. The van der Waals surface area contributed by atoms with Crippen LogP contribution in [0.4, 0.5) is 0 Å². The minimum absolute atomic E-state index is 0.0720. The fourth-order valence-electron chi connectivity index (χ4n) is 1.48. The van der Waals surface area contributed by atoms with E-state index in [4.69, 9.17) is 4.74 Å². The molecule has 0 amide bonds. The van der Waals surface area contributed by atoms with Crippen molar-refractivity contribution in [2.75, 3.05) is 14.2 Å². The third-order valence-corrected chi connectivity index (χ3v) is 2.44. The number of esters is 1. The van der Waals surface area contributed by atoms with Crippen LogP contribution in [-0.4, -0.2) is 26.5 Å². The number of allylic oxidation sites excluding steroid dienone is 2. The largest absolute Gasteiger partial charge is 0.503 e. The summed E-state index contributed by atoms with van der Waals surface area (Å²) in [4.78, 5) is 22.6. The molecule has 0 aliphatic rings. The van der Waals surface area contributed by atoms with E-state index in [1.54, 1.807) is 6.08 Å². The molecule has 0 radical (unpaired) electrons. The first-order valence-corrected chi connectivity index (χ1v) is 5.93. The molecule has 0 N–H and O–H groups in total. The number of hydrogen-bond donors (Lipinski definition) is 0. The average Bonchev–Trinajstić information content (AvgIpc) is 2.50. The van der Waals surface area contributed by atoms with Gasteiger partial charge in [-0.2, -0.15) is 0 Å². The van der Waals surface area contributed by atoms with Crippen molar-refractivity contribution in [3.63, 3.8) is 0 Å². The molecule has 4 nitrogen and oxygen atoms in total. The Kier molecular flexibility index (Phi) is 6.54. The molecule has 0 spiro atoms. The number of aldehydes is 1. The number of carbonyl (C=O) groups excluding carboxylic acids is 2. The van der Waals surface area contributed by atoms with Gasteiger partial charge < -0.3 is 9.47 Å². The predicted molar refractivity (Wildman–Crippen MR) is 76.7 cm³/mol. The number of benzene rings is 1. The Morgan fingerprint density at radius 3 is 2.40 bits per heavy atom. The summed E-state index contributed by atoms with van der Waals surface area (Å²) < 4.78 is 9.39. The van der Waals surface area contributed by atoms with E-state index in [1.165, 1.54) is 26.6 Å². The topological polar surface area (TPSA) is 52.6 Å². The number of ether oxygens (including phenoxy) is 2. The lowest BCUT2D eigenvalue weighted by atomic mass is 10.1. The van der Waals surface area contributed by atoms with Gasteiger partial charge in [-0.3, -0.25) is 4.79 Å². The monoisotopic (exact) mass is 272 g/mol. The van der Waals surface area contributed by atoms with Gasteiger partial charge in [-0.15, -0.1) is 0 Å². The van der Waals surface area contributed by atoms with Crippen molar-refractivity contribution in [1.82, 2.24) is 0 Å². The summed E-state index contributed by atoms with van der Waals surface area (Å²) in [6, 6.07) is 9.60. The molecule has 104 valence electrons. The second-order valence-electron chi connectivity index (χ2n) is 3.77. The highest BCUT2D eigenvalue weighted by Gasteiger charge is 2.14. The Balaban J connectivity index is 2.96. The van der Waals surface area contributed by atoms with Crippen LogP contribution in [0, 0.1) is 0 Å². The number of rotatable bonds is 6. The molecule has 0 saturated heterocycles. The van der Waals surface area contributed by atoms with E-state index in [9.17, 15) is 9.59 Å². The molecule has 1 aromatic carbocycles. The van der Waals surface area contributed by atoms with E-state index in [0.29, 0.717) is 6.29 Å². The Labute approximate surface area is 118 Å². The van der Waals surface area contributed by atoms with Crippen LogP contribution in [0.25, 0.3) is 6.08 Å². The van der Waals surface area contributed by atoms with Crippen molar-refractivity contribution in [2.45, 2.75) is 0 Å². The smallest absolute Gasteiger partial charge is 0.341 e. The van der Waals surface area contributed by atoms with Crippen LogP contribution < -0.4 is 0 Å². The lowest BCUT2D eigenvalue weighted by Crippen LogP contribution is -2.08. The van der Waals surface area contributed by atoms with Crippen LogP contribution in [0.3, 0.4) is 0 Å². The highest BCUT2D eigenvalue weighted by atomic mass is 16.5. The summed E-state index contributed by atoms with van der Waals surface area (Å²) in [5, 5.41) is 0. The van der Waals surface area contributed by atoms with E-state index >= 15 is 0 Å². The molecule has 0 aliphatic carbocycles. The van der Waals surface area contributed by atoms with Gasteiger partial charge in [0.1, 0.15) is 5.57 Å². The van der Waals surface area contributed by atoms with E-state index in [0.717, 1.165) is 5.56 Å². The molecule has 0 aliphatic heterocycles. The van der Waals surface area contributed by atoms with Crippen LogP contribution in [0.1, 0.15) is 5.56 Å². The van der Waals surface area contributed by atoms with E-state index in [2.05, 4.69) is 4.74 Å². The van der Waals surface area contributed by atoms with Crippen LogP contribution in [-0.2, 0) is 19.1 Å². The van der Waals surface area contributed by atoms with Crippen molar-refractivity contribution in [2.24, 2.45) is 0 Å². The predicted octanol–water partition coefficient (Wildman–Crippen LogP) is 2.53. The molecule has 4 heteroatoms. The maximum atomic E-state index is 11.5. The van der Waals surface area contributed by atoms with Gasteiger partial charge in [-0.1, -0.05) is 48.6 Å². The summed E-state index contributed by atoms with van der Waals surface area (Å²) in [6.07, 6.45) is 6.80. The average molecular weight is 272 g/mol. The van der Waals surface area contributed by atoms with Gasteiger partial charge in [0.2, 0.25) is 0 Å². The summed E-state index contributed by atoms with van der Waals surface area (Å²) in [5.41, 5.74) is 1.25. The first-order valence-electron chi connectivity index (χ1n) is 5.93. The van der Waals surface area contributed by atoms with Gasteiger partial charge in [0.15, 0.2) is 6.29 Å². The molecule has 0 aromatic heterocycles. The van der Waals surface area contributed by atoms with Gasteiger partial charge in [-0.05, 0) is 5.56 Å². The lowest BCUT2D eigenvalue weighted by molar-refractivity contribution is -0.136. The molecule has 0 unspecified atom stereocenters. The first kappa shape index (κ1) is 15.4. The van der Waals surface area contributed by atoms with E-state index < -0.39 is 5.97 Å². The Bertz CT molecular complexity index is 539. The normalized spacial score (nSPS) is 12.3. The molecule has 0 saturated carbocycles. The van der Waals surface area contributed by atoms with Gasteiger partial charge in [-0.25, -0.2) is 4.79 Å². The zero-order chi connectivity index (χ0) is 14.8. The minimum atomic E-state index is -0.627. The highest BCUT2D eigenvalue weighted by molar-refractivity contribution is 6.02. The summed E-state index contributed by atoms with van der Waals surface area (Å²) in [6.45, 7) is 0. The molecule has 1 aromatic rings. The van der Waals surface area contributed by atoms with Gasteiger partial charge in [0.05, 0.1) is 20.5 Å².